The minimum absolute atomic E-state index is 0.0883. The van der Waals surface area contributed by atoms with Crippen LogP contribution in [0.2, 0.25) is 0 Å². The lowest BCUT2D eigenvalue weighted by Gasteiger charge is -2.45. The van der Waals surface area contributed by atoms with E-state index in [2.05, 4.69) is 393 Å². The zero-order valence-electron chi connectivity index (χ0n) is 59.8. The Hall–Kier alpha value is -13.0. The predicted molar refractivity (Wildman–Crippen MR) is 449 cm³/mol. The van der Waals surface area contributed by atoms with E-state index in [1.54, 1.807) is 0 Å². The average Bonchev–Trinajstić information content (AvgIpc) is 1.05. The maximum atomic E-state index is 7.12. The summed E-state index contributed by atoms with van der Waals surface area (Å²) >= 11 is 0. The third-order valence-corrected chi connectivity index (χ3v) is 22.6. The molecule has 16 aromatic carbocycles. The molecule has 21 rings (SSSR count). The molecule has 504 valence electrons. The molecule has 7 nitrogen and oxygen atoms in total. The van der Waals surface area contributed by atoms with E-state index < -0.39 is 0 Å². The van der Waals surface area contributed by atoms with Crippen LogP contribution < -0.4 is 36.0 Å². The Morgan fingerprint density at radius 2 is 0.802 bits per heavy atom. The SMILES string of the molecule is CC(C)(C)c1ccc(N2c3cc(N(c4ccc5ccc6ccccc6c5c4)c4cccc5c4oc4ccccc45)ccc3B3c4cc5c(cc4N(c4ccc(C(C)(C)C)cc4)c4cc(N(c6ccc7ccccc7c6)c6cccc7oc8ccccc8c67)cc2c43)c2ccccc2n5-c2ccccc2)cc1. The fourth-order valence-corrected chi connectivity index (χ4v) is 17.5. The van der Waals surface area contributed by atoms with Crippen LogP contribution >= 0.6 is 0 Å². The lowest BCUT2D eigenvalue weighted by atomic mass is 9.33. The summed E-state index contributed by atoms with van der Waals surface area (Å²) in [5.74, 6) is 0. The Balaban J connectivity index is 0.913. The Morgan fingerprint density at radius 3 is 1.52 bits per heavy atom. The topological polar surface area (TPSA) is 44.2 Å². The van der Waals surface area contributed by atoms with Gasteiger partial charge in [0.2, 0.25) is 0 Å². The molecule has 0 bridgehead atoms. The van der Waals surface area contributed by atoms with Crippen molar-refractivity contribution in [3.8, 4) is 5.69 Å². The summed E-state index contributed by atoms with van der Waals surface area (Å²) in [5, 5.41) is 13.7. The Kier molecular flexibility index (Phi) is 13.5. The van der Waals surface area contributed by atoms with Crippen molar-refractivity contribution < 1.29 is 8.83 Å². The second kappa shape index (κ2) is 23.2. The lowest BCUT2D eigenvalue weighted by molar-refractivity contribution is 0.590. The van der Waals surface area contributed by atoms with Crippen LogP contribution in [0.5, 0.6) is 0 Å². The number of nitrogens with zero attached hydrogens (tertiary/aromatic N) is 5. The van der Waals surface area contributed by atoms with Crippen LogP contribution in [0.3, 0.4) is 0 Å². The summed E-state index contributed by atoms with van der Waals surface area (Å²) in [6.45, 7) is 13.5. The molecule has 0 spiro atoms. The molecule has 8 heteroatoms. The van der Waals surface area contributed by atoms with Crippen molar-refractivity contribution >= 4 is 189 Å². The first-order valence-electron chi connectivity index (χ1n) is 36.9. The molecule has 0 saturated heterocycles. The smallest absolute Gasteiger partial charge is 0.252 e. The van der Waals surface area contributed by atoms with Gasteiger partial charge in [-0.1, -0.05) is 236 Å². The molecule has 0 fully saturated rings. The van der Waals surface area contributed by atoms with E-state index in [-0.39, 0.29) is 17.5 Å². The van der Waals surface area contributed by atoms with Crippen molar-refractivity contribution in [3.63, 3.8) is 0 Å². The van der Waals surface area contributed by atoms with E-state index >= 15 is 0 Å². The molecular formula is C98H72BN5O2. The summed E-state index contributed by atoms with van der Waals surface area (Å²) < 4.78 is 16.5. The van der Waals surface area contributed by atoms with E-state index in [0.29, 0.717) is 0 Å². The number of para-hydroxylation sites is 5. The van der Waals surface area contributed by atoms with Crippen molar-refractivity contribution in [2.24, 2.45) is 0 Å². The molecule has 0 amide bonds. The van der Waals surface area contributed by atoms with Crippen LogP contribution in [-0.4, -0.2) is 11.3 Å². The van der Waals surface area contributed by atoms with Crippen molar-refractivity contribution in [3.05, 3.63) is 339 Å². The Bertz CT molecular complexity index is 6830. The van der Waals surface area contributed by atoms with Gasteiger partial charge in [-0.2, -0.15) is 0 Å². The molecule has 2 aliphatic rings. The van der Waals surface area contributed by atoms with E-state index in [1.165, 1.54) is 65.2 Å². The molecule has 19 aromatic rings. The zero-order valence-corrected chi connectivity index (χ0v) is 59.8. The molecular weight excluding hydrogens is 1290 g/mol. The number of benzene rings is 16. The summed E-state index contributed by atoms with van der Waals surface area (Å²) in [5.41, 5.74) is 25.0. The molecule has 0 atom stereocenters. The highest BCUT2D eigenvalue weighted by molar-refractivity contribution is 7.00. The number of anilines is 12. The first kappa shape index (κ1) is 61.6. The number of aromatic nitrogens is 1. The Labute approximate surface area is 615 Å². The summed E-state index contributed by atoms with van der Waals surface area (Å²) in [4.78, 5) is 10.1. The average molecular weight is 1360 g/mol. The fourth-order valence-electron chi connectivity index (χ4n) is 17.5. The second-order valence-electron chi connectivity index (χ2n) is 30.8. The minimum Gasteiger partial charge on any atom is -0.456 e. The van der Waals surface area contributed by atoms with Gasteiger partial charge in [-0.15, -0.1) is 0 Å². The molecule has 0 unspecified atom stereocenters. The highest BCUT2D eigenvalue weighted by atomic mass is 16.3. The van der Waals surface area contributed by atoms with Crippen molar-refractivity contribution in [1.82, 2.24) is 4.57 Å². The number of hydrogen-bond donors (Lipinski definition) is 0. The van der Waals surface area contributed by atoms with Gasteiger partial charge in [0.25, 0.3) is 6.71 Å². The van der Waals surface area contributed by atoms with E-state index in [9.17, 15) is 0 Å². The lowest BCUT2D eigenvalue weighted by Crippen LogP contribution is -2.61. The van der Waals surface area contributed by atoms with Gasteiger partial charge in [-0.3, -0.25) is 0 Å². The molecule has 3 aromatic heterocycles. The standard InChI is InChI=1S/C98H72BN5O2/c1-97(2,3)65-42-48-68(49-43-65)103-87-56-72(100(85-34-20-31-77-76-29-15-18-35-91(76)106-96(77)85)71-47-41-63-39-38-62-23-12-13-27-74(62)79(63)55-71)52-53-81(87)99-82-60-86-80(75-28-14-17-32-83(75)102(86)67-25-8-7-9-26-67)59-88(82)104(69-50-44-66(45-51-69)98(4,5)6)90-58-73(57-89(103)95(90)99)101(70-46-40-61-22-10-11-24-64(61)54-70)84-33-21-37-93-94(84)78-30-16-19-36-92(78)105-93/h7-60H,1-6H3. The highest BCUT2D eigenvalue weighted by Crippen LogP contribution is 2.53. The van der Waals surface area contributed by atoms with Crippen molar-refractivity contribution in [1.29, 1.82) is 0 Å². The van der Waals surface area contributed by atoms with Crippen LogP contribution in [0.25, 0.3) is 104 Å². The monoisotopic (exact) mass is 1360 g/mol. The summed E-state index contributed by atoms with van der Waals surface area (Å²) in [7, 11) is 0. The summed E-state index contributed by atoms with van der Waals surface area (Å²) in [6.07, 6.45) is 0. The van der Waals surface area contributed by atoms with Gasteiger partial charge in [0.1, 0.15) is 16.7 Å². The van der Waals surface area contributed by atoms with E-state index in [1.807, 2.05) is 0 Å². The zero-order chi connectivity index (χ0) is 70.8. The molecule has 106 heavy (non-hydrogen) atoms. The number of fused-ring (bicyclic) bond motifs is 17. The number of hydrogen-bond acceptors (Lipinski definition) is 6. The maximum Gasteiger partial charge on any atom is 0.252 e. The quantitative estimate of drug-likeness (QED) is 0.106. The van der Waals surface area contributed by atoms with Crippen LogP contribution in [0.1, 0.15) is 52.7 Å². The van der Waals surface area contributed by atoms with Gasteiger partial charge in [0.05, 0.1) is 33.5 Å². The highest BCUT2D eigenvalue weighted by Gasteiger charge is 2.45. The second-order valence-corrected chi connectivity index (χ2v) is 30.8. The van der Waals surface area contributed by atoms with Crippen LogP contribution in [0.15, 0.2) is 336 Å². The largest absolute Gasteiger partial charge is 0.456 e. The van der Waals surface area contributed by atoms with Crippen LogP contribution in [0, 0.1) is 0 Å². The molecule has 2 aliphatic heterocycles. The molecule has 0 N–H and O–H groups in total. The van der Waals surface area contributed by atoms with Crippen molar-refractivity contribution in [2.75, 3.05) is 19.6 Å². The van der Waals surface area contributed by atoms with Gasteiger partial charge in [-0.25, -0.2) is 0 Å². The molecule has 5 heterocycles. The Morgan fingerprint density at radius 1 is 0.292 bits per heavy atom. The van der Waals surface area contributed by atoms with Crippen LogP contribution in [0.4, 0.5) is 68.2 Å². The third kappa shape index (κ3) is 9.53. The first-order chi connectivity index (χ1) is 51.8. The fraction of sp³-hybridized carbons (Fsp3) is 0.0816. The minimum atomic E-state index is -0.297. The predicted octanol–water partition coefficient (Wildman–Crippen LogP) is 25.7. The van der Waals surface area contributed by atoms with Gasteiger partial charge >= 0.3 is 0 Å². The van der Waals surface area contributed by atoms with Gasteiger partial charge in [0.15, 0.2) is 5.58 Å². The number of furan rings is 2. The van der Waals surface area contributed by atoms with Gasteiger partial charge in [0, 0.05) is 83.8 Å². The summed E-state index contributed by atoms with van der Waals surface area (Å²) in [6, 6.07) is 122. The van der Waals surface area contributed by atoms with E-state index in [4.69, 9.17) is 8.83 Å². The molecule has 0 saturated carbocycles. The van der Waals surface area contributed by atoms with Crippen LogP contribution in [-0.2, 0) is 10.8 Å². The van der Waals surface area contributed by atoms with Gasteiger partial charge < -0.3 is 33.0 Å². The molecule has 0 radical (unpaired) electrons. The maximum absolute atomic E-state index is 7.12. The number of rotatable bonds is 9. The van der Waals surface area contributed by atoms with Crippen molar-refractivity contribution in [2.45, 2.75) is 52.4 Å². The third-order valence-electron chi connectivity index (χ3n) is 22.6. The molecule has 0 aliphatic carbocycles. The van der Waals surface area contributed by atoms with Gasteiger partial charge in [-0.05, 0) is 204 Å². The first-order valence-corrected chi connectivity index (χ1v) is 36.9. The van der Waals surface area contributed by atoms with E-state index in [0.717, 1.165) is 134 Å². The normalized spacial score (nSPS) is 12.9.